The lowest BCUT2D eigenvalue weighted by Gasteiger charge is -2.04. The SMILES string of the molecule is Cc1nn(-c2ccc([N+](=O)[O-])cc2[N+](=O)[O-])cc1C(=O)OCc1ccccc1. The lowest BCUT2D eigenvalue weighted by atomic mass is 10.2. The standard InChI is InChI=1S/C18H14N4O6/c1-12-15(18(23)28-11-13-5-3-2-4-6-13)10-20(19-12)16-8-7-14(21(24)25)9-17(16)22(26)27/h2-10H,11H2,1H3. The van der Waals surface area contributed by atoms with E-state index in [1.807, 2.05) is 30.3 Å². The number of carbonyl (C=O) groups excluding carboxylic acids is 1. The molecule has 0 atom stereocenters. The van der Waals surface area contributed by atoms with Crippen molar-refractivity contribution >= 4 is 17.3 Å². The van der Waals surface area contributed by atoms with E-state index in [2.05, 4.69) is 5.10 Å². The molecule has 0 bridgehead atoms. The van der Waals surface area contributed by atoms with Crippen molar-refractivity contribution < 1.29 is 19.4 Å². The maximum Gasteiger partial charge on any atom is 0.341 e. The van der Waals surface area contributed by atoms with E-state index in [4.69, 9.17) is 4.74 Å². The first-order valence-electron chi connectivity index (χ1n) is 8.07. The zero-order valence-electron chi connectivity index (χ0n) is 14.6. The minimum absolute atomic E-state index is 0.000749. The molecule has 28 heavy (non-hydrogen) atoms. The van der Waals surface area contributed by atoms with Crippen molar-refractivity contribution in [2.45, 2.75) is 13.5 Å². The fourth-order valence-electron chi connectivity index (χ4n) is 2.55. The molecule has 2 aromatic carbocycles. The summed E-state index contributed by atoms with van der Waals surface area (Å²) in [5, 5.41) is 26.3. The van der Waals surface area contributed by atoms with Crippen LogP contribution in [0.2, 0.25) is 0 Å². The number of aryl methyl sites for hydroxylation is 1. The highest BCUT2D eigenvalue weighted by molar-refractivity contribution is 5.90. The van der Waals surface area contributed by atoms with Gasteiger partial charge in [0, 0.05) is 12.3 Å². The van der Waals surface area contributed by atoms with Crippen molar-refractivity contribution in [2.75, 3.05) is 0 Å². The molecule has 0 radical (unpaired) electrons. The molecule has 3 rings (SSSR count). The van der Waals surface area contributed by atoms with E-state index >= 15 is 0 Å². The number of esters is 1. The van der Waals surface area contributed by atoms with Gasteiger partial charge in [0.15, 0.2) is 0 Å². The molecule has 0 unspecified atom stereocenters. The Morgan fingerprint density at radius 2 is 1.82 bits per heavy atom. The summed E-state index contributed by atoms with van der Waals surface area (Å²) in [6.45, 7) is 1.63. The van der Waals surface area contributed by atoms with Crippen molar-refractivity contribution in [1.82, 2.24) is 9.78 Å². The van der Waals surface area contributed by atoms with Gasteiger partial charge in [-0.15, -0.1) is 0 Å². The molecule has 0 fully saturated rings. The van der Waals surface area contributed by atoms with Crippen LogP contribution in [-0.2, 0) is 11.3 Å². The van der Waals surface area contributed by atoms with Gasteiger partial charge in [-0.25, -0.2) is 9.48 Å². The minimum atomic E-state index is -0.743. The number of nitro benzene ring substituents is 2. The highest BCUT2D eigenvalue weighted by Crippen LogP contribution is 2.28. The van der Waals surface area contributed by atoms with E-state index in [1.54, 1.807) is 6.92 Å². The van der Waals surface area contributed by atoms with Crippen LogP contribution in [0, 0.1) is 27.2 Å². The Bertz CT molecular complexity index is 1060. The highest BCUT2D eigenvalue weighted by Gasteiger charge is 2.23. The molecule has 0 aliphatic carbocycles. The van der Waals surface area contributed by atoms with Crippen molar-refractivity contribution in [3.8, 4) is 5.69 Å². The lowest BCUT2D eigenvalue weighted by Crippen LogP contribution is -2.05. The quantitative estimate of drug-likeness (QED) is 0.363. The molecule has 0 saturated heterocycles. The van der Waals surface area contributed by atoms with Crippen LogP contribution in [0.15, 0.2) is 54.7 Å². The van der Waals surface area contributed by atoms with Gasteiger partial charge in [-0.2, -0.15) is 5.10 Å². The van der Waals surface area contributed by atoms with Gasteiger partial charge >= 0.3 is 11.7 Å². The number of nitro groups is 2. The third kappa shape index (κ3) is 3.85. The number of nitrogens with zero attached hydrogens (tertiary/aromatic N) is 4. The molecule has 0 aliphatic heterocycles. The largest absolute Gasteiger partial charge is 0.457 e. The fourth-order valence-corrected chi connectivity index (χ4v) is 2.55. The van der Waals surface area contributed by atoms with E-state index in [0.717, 1.165) is 22.4 Å². The number of non-ortho nitro benzene ring substituents is 1. The lowest BCUT2D eigenvalue weighted by molar-refractivity contribution is -0.394. The molecule has 0 aliphatic rings. The monoisotopic (exact) mass is 382 g/mol. The van der Waals surface area contributed by atoms with Crippen LogP contribution in [-0.4, -0.2) is 25.6 Å². The van der Waals surface area contributed by atoms with Crippen LogP contribution >= 0.6 is 0 Å². The van der Waals surface area contributed by atoms with Crippen LogP contribution in [0.5, 0.6) is 0 Å². The summed E-state index contributed by atoms with van der Waals surface area (Å²) in [6.07, 6.45) is 1.30. The average Bonchev–Trinajstić information content (AvgIpc) is 3.08. The van der Waals surface area contributed by atoms with Crippen molar-refractivity contribution in [3.63, 3.8) is 0 Å². The Morgan fingerprint density at radius 3 is 2.46 bits per heavy atom. The summed E-state index contributed by atoms with van der Waals surface area (Å²) < 4.78 is 6.39. The number of aromatic nitrogens is 2. The fraction of sp³-hybridized carbons (Fsp3) is 0.111. The molecule has 0 N–H and O–H groups in total. The number of ether oxygens (including phenoxy) is 1. The second-order valence-electron chi connectivity index (χ2n) is 5.82. The number of hydrogen-bond donors (Lipinski definition) is 0. The third-order valence-electron chi connectivity index (χ3n) is 3.94. The number of hydrogen-bond acceptors (Lipinski definition) is 7. The van der Waals surface area contributed by atoms with Crippen molar-refractivity contribution in [3.05, 3.63) is 91.8 Å². The van der Waals surface area contributed by atoms with Gasteiger partial charge in [0.25, 0.3) is 5.69 Å². The topological polar surface area (TPSA) is 130 Å². The second kappa shape index (κ2) is 7.66. The van der Waals surface area contributed by atoms with Crippen LogP contribution in [0.25, 0.3) is 5.69 Å². The third-order valence-corrected chi connectivity index (χ3v) is 3.94. The predicted molar refractivity (Wildman–Crippen MR) is 97.2 cm³/mol. The van der Waals surface area contributed by atoms with E-state index in [9.17, 15) is 25.0 Å². The molecule has 0 spiro atoms. The summed E-state index contributed by atoms with van der Waals surface area (Å²) in [6, 6.07) is 12.3. The zero-order chi connectivity index (χ0) is 20.3. The van der Waals surface area contributed by atoms with Gasteiger partial charge in [0.1, 0.15) is 17.9 Å². The number of benzene rings is 2. The normalized spacial score (nSPS) is 10.5. The van der Waals surface area contributed by atoms with Gasteiger partial charge in [-0.3, -0.25) is 20.2 Å². The van der Waals surface area contributed by atoms with Gasteiger partial charge < -0.3 is 4.74 Å². The van der Waals surface area contributed by atoms with E-state index in [0.29, 0.717) is 5.69 Å². The van der Waals surface area contributed by atoms with Crippen molar-refractivity contribution in [2.24, 2.45) is 0 Å². The second-order valence-corrected chi connectivity index (χ2v) is 5.82. The highest BCUT2D eigenvalue weighted by atomic mass is 16.6. The number of rotatable bonds is 6. The van der Waals surface area contributed by atoms with Crippen LogP contribution < -0.4 is 0 Å². The molecular formula is C18H14N4O6. The molecule has 10 heteroatoms. The van der Waals surface area contributed by atoms with Gasteiger partial charge in [-0.05, 0) is 18.6 Å². The Labute approximate surface area is 158 Å². The van der Waals surface area contributed by atoms with Crippen LogP contribution in [0.1, 0.15) is 21.6 Å². The maximum absolute atomic E-state index is 12.3. The van der Waals surface area contributed by atoms with Gasteiger partial charge in [-0.1, -0.05) is 30.3 Å². The van der Waals surface area contributed by atoms with E-state index in [-0.39, 0.29) is 17.9 Å². The molecule has 3 aromatic rings. The summed E-state index contributed by atoms with van der Waals surface area (Å²) in [5.74, 6) is -0.628. The van der Waals surface area contributed by atoms with Crippen molar-refractivity contribution in [1.29, 1.82) is 0 Å². The molecule has 1 aromatic heterocycles. The van der Waals surface area contributed by atoms with Gasteiger partial charge in [0.2, 0.25) is 0 Å². The summed E-state index contributed by atoms with van der Waals surface area (Å²) in [7, 11) is 0. The summed E-state index contributed by atoms with van der Waals surface area (Å²) in [5.41, 5.74) is 0.352. The first kappa shape index (κ1) is 18.7. The Hall–Kier alpha value is -4.08. The molecule has 1 heterocycles. The summed E-state index contributed by atoms with van der Waals surface area (Å²) in [4.78, 5) is 33.0. The molecular weight excluding hydrogens is 368 g/mol. The molecule has 0 saturated carbocycles. The minimum Gasteiger partial charge on any atom is -0.457 e. The maximum atomic E-state index is 12.3. The predicted octanol–water partition coefficient (Wildman–Crippen LogP) is 3.35. The molecule has 10 nitrogen and oxygen atoms in total. The van der Waals surface area contributed by atoms with E-state index in [1.165, 1.54) is 12.3 Å². The Balaban J connectivity index is 1.88. The number of carbonyl (C=O) groups is 1. The van der Waals surface area contributed by atoms with E-state index < -0.39 is 27.2 Å². The first-order chi connectivity index (χ1) is 13.4. The first-order valence-corrected chi connectivity index (χ1v) is 8.07. The molecule has 142 valence electrons. The Morgan fingerprint density at radius 1 is 1.11 bits per heavy atom. The summed E-state index contributed by atoms with van der Waals surface area (Å²) >= 11 is 0. The smallest absolute Gasteiger partial charge is 0.341 e. The van der Waals surface area contributed by atoms with Crippen LogP contribution in [0.4, 0.5) is 11.4 Å². The average molecular weight is 382 g/mol. The molecule has 0 amide bonds. The zero-order valence-corrected chi connectivity index (χ0v) is 14.6. The van der Waals surface area contributed by atoms with Gasteiger partial charge in [0.05, 0.1) is 21.6 Å². The van der Waals surface area contributed by atoms with Crippen LogP contribution in [0.3, 0.4) is 0 Å². The Kier molecular flexibility index (Phi) is 5.12.